The average molecular weight is 915 g/mol. The van der Waals surface area contributed by atoms with Crippen molar-refractivity contribution in [1.29, 1.82) is 0 Å². The summed E-state index contributed by atoms with van der Waals surface area (Å²) in [6.45, 7) is 0. The van der Waals surface area contributed by atoms with Gasteiger partial charge in [-0.1, -0.05) is 218 Å². The molecule has 0 radical (unpaired) electrons. The molecule has 0 saturated carbocycles. The van der Waals surface area contributed by atoms with Crippen LogP contribution in [0.3, 0.4) is 0 Å². The van der Waals surface area contributed by atoms with E-state index in [-0.39, 0.29) is 0 Å². The predicted molar refractivity (Wildman–Crippen MR) is 309 cm³/mol. The Bertz CT molecular complexity index is 4150. The minimum Gasteiger partial charge on any atom is -0.0836 e. The molecule has 0 heteroatoms. The van der Waals surface area contributed by atoms with Crippen molar-refractivity contribution in [1.82, 2.24) is 0 Å². The van der Waals surface area contributed by atoms with Gasteiger partial charge in [-0.3, -0.25) is 0 Å². The highest BCUT2D eigenvalue weighted by Gasteiger charge is 2.21. The van der Waals surface area contributed by atoms with Crippen LogP contribution < -0.4 is 0 Å². The van der Waals surface area contributed by atoms with Crippen LogP contribution in [0.15, 0.2) is 243 Å². The molecule has 2 aliphatic carbocycles. The van der Waals surface area contributed by atoms with Crippen LogP contribution >= 0.6 is 0 Å². The van der Waals surface area contributed by atoms with Gasteiger partial charge in [0.25, 0.3) is 0 Å². The molecular weight excluding hydrogens is 865 g/mol. The number of fused-ring (bicyclic) bond motifs is 12. The second-order valence-corrected chi connectivity index (χ2v) is 19.7. The van der Waals surface area contributed by atoms with Crippen molar-refractivity contribution >= 4 is 55.2 Å². The van der Waals surface area contributed by atoms with Crippen LogP contribution in [0.4, 0.5) is 0 Å². The van der Waals surface area contributed by atoms with Gasteiger partial charge in [0.05, 0.1) is 0 Å². The molecule has 0 aromatic heterocycles. The van der Waals surface area contributed by atoms with Crippen molar-refractivity contribution in [3.8, 4) is 77.9 Å². The fourth-order valence-electron chi connectivity index (χ4n) is 12.1. The lowest BCUT2D eigenvalue weighted by Crippen LogP contribution is -2.07. The van der Waals surface area contributed by atoms with Gasteiger partial charge in [0.2, 0.25) is 0 Å². The zero-order valence-corrected chi connectivity index (χ0v) is 40.1. The Hall–Kier alpha value is -8.84. The first-order valence-electron chi connectivity index (χ1n) is 25.6. The first kappa shape index (κ1) is 42.1. The van der Waals surface area contributed by atoms with Crippen LogP contribution in [0.1, 0.15) is 35.1 Å². The Labute approximate surface area is 421 Å². The normalized spacial score (nSPS) is 12.9. The van der Waals surface area contributed by atoms with E-state index in [1.54, 1.807) is 11.1 Å². The van der Waals surface area contributed by atoms with Gasteiger partial charge in [-0.05, 0) is 205 Å². The summed E-state index contributed by atoms with van der Waals surface area (Å²) >= 11 is 0. The summed E-state index contributed by atoms with van der Waals surface area (Å²) in [6, 6.07) is 86.0. The summed E-state index contributed by atoms with van der Waals surface area (Å²) in [5.41, 5.74) is 22.9. The van der Waals surface area contributed by atoms with Gasteiger partial charge >= 0.3 is 0 Å². The van der Waals surface area contributed by atoms with Crippen molar-refractivity contribution in [2.75, 3.05) is 0 Å². The van der Waals surface area contributed by atoms with E-state index in [0.717, 1.165) is 25.7 Å². The van der Waals surface area contributed by atoms with Crippen LogP contribution in [0.2, 0.25) is 0 Å². The molecule has 0 unspecified atom stereocenters. The molecule has 0 heterocycles. The molecule has 0 fully saturated rings. The molecule has 12 aromatic carbocycles. The molecule has 14 rings (SSSR count). The molecule has 12 aromatic rings. The lowest BCUT2D eigenvalue weighted by molar-refractivity contribution is 0.911. The third-order valence-electron chi connectivity index (χ3n) is 15.6. The maximum Gasteiger partial charge on any atom is -0.00928 e. The minimum atomic E-state index is 1.12. The molecule has 0 atom stereocenters. The number of allylic oxidation sites excluding steroid dienone is 2. The van der Waals surface area contributed by atoms with E-state index in [4.69, 9.17) is 0 Å². The van der Waals surface area contributed by atoms with E-state index < -0.39 is 0 Å². The van der Waals surface area contributed by atoms with Crippen molar-refractivity contribution < 1.29 is 0 Å². The minimum absolute atomic E-state index is 1.12. The van der Waals surface area contributed by atoms with Gasteiger partial charge in [-0.25, -0.2) is 0 Å². The second kappa shape index (κ2) is 17.5. The largest absolute Gasteiger partial charge is 0.0836 e. The van der Waals surface area contributed by atoms with E-state index in [0.29, 0.717) is 0 Å². The fraction of sp³-hybridized carbons (Fsp3) is 0.0556. The Morgan fingerprint density at radius 2 is 0.556 bits per heavy atom. The Morgan fingerprint density at radius 1 is 0.208 bits per heavy atom. The summed E-state index contributed by atoms with van der Waals surface area (Å²) in [5.74, 6) is 0. The Kier molecular flexibility index (Phi) is 10.2. The monoisotopic (exact) mass is 914 g/mol. The lowest BCUT2D eigenvalue weighted by Gasteiger charge is -2.24. The fourth-order valence-corrected chi connectivity index (χ4v) is 12.1. The number of rotatable bonds is 7. The lowest BCUT2D eigenvalue weighted by atomic mass is 9.80. The quantitative estimate of drug-likeness (QED) is 0.140. The Balaban J connectivity index is 0.861. The van der Waals surface area contributed by atoms with Crippen LogP contribution in [0, 0.1) is 0 Å². The molecule has 0 nitrogen and oxygen atoms in total. The van der Waals surface area contributed by atoms with E-state index >= 15 is 0 Å². The van der Waals surface area contributed by atoms with Gasteiger partial charge < -0.3 is 0 Å². The zero-order valence-electron chi connectivity index (χ0n) is 40.1. The molecular formula is C72H50. The molecule has 0 aliphatic heterocycles. The summed E-state index contributed by atoms with van der Waals surface area (Å²) in [5, 5.41) is 10.5. The SMILES string of the molecule is C1=Cc2c(c3c(c4cc(-c5cccc(-c6ccc(-c7ccc(-c8cccc(-c9ccc%10c%11ccccc%11c%11ccccc%11c%10c9)c8)cc7-c7ccccc7)c(-c7ccccc7)c6)c5)ccc24)C=CCC3)CC1. The van der Waals surface area contributed by atoms with Gasteiger partial charge in [-0.2, -0.15) is 0 Å². The molecule has 0 N–H and O–H groups in total. The van der Waals surface area contributed by atoms with Crippen molar-refractivity contribution in [2.24, 2.45) is 0 Å². The summed E-state index contributed by atoms with van der Waals surface area (Å²) in [7, 11) is 0. The summed E-state index contributed by atoms with van der Waals surface area (Å²) in [6.07, 6.45) is 14.0. The topological polar surface area (TPSA) is 0 Å². The van der Waals surface area contributed by atoms with E-state index in [2.05, 4.69) is 255 Å². The van der Waals surface area contributed by atoms with Crippen molar-refractivity contribution in [2.45, 2.75) is 25.7 Å². The van der Waals surface area contributed by atoms with Crippen molar-refractivity contribution in [3.63, 3.8) is 0 Å². The first-order chi connectivity index (χ1) is 35.7. The van der Waals surface area contributed by atoms with Crippen LogP contribution in [0.25, 0.3) is 133 Å². The smallest absolute Gasteiger partial charge is 0.00928 e. The summed E-state index contributed by atoms with van der Waals surface area (Å²) in [4.78, 5) is 0. The van der Waals surface area contributed by atoms with E-state index in [9.17, 15) is 0 Å². The number of benzene rings is 12. The molecule has 338 valence electrons. The van der Waals surface area contributed by atoms with E-state index in [1.165, 1.54) is 132 Å². The zero-order chi connectivity index (χ0) is 47.5. The third-order valence-corrected chi connectivity index (χ3v) is 15.6. The molecule has 72 heavy (non-hydrogen) atoms. The molecule has 2 aliphatic rings. The van der Waals surface area contributed by atoms with Gasteiger partial charge in [0, 0.05) is 0 Å². The van der Waals surface area contributed by atoms with Gasteiger partial charge in [-0.15, -0.1) is 0 Å². The standard InChI is InChI=1S/C72H50/c1-3-17-47(18-4-1)69-43-53(49-21-15-23-51(41-49)55-35-39-67-61-29-9-7-25-57(61)59-27-11-13-31-63(59)71(67)45-55)33-37-65(69)66-38-34-54(44-70(66)48-19-5-2-6-20-48)50-22-16-24-52(42-50)56-36-40-68-62-30-10-8-26-58(62)60-28-12-14-32-64(60)72(68)46-56/h1-7,9-11,13-25,27,29-46H,8,12,26,28H2. The van der Waals surface area contributed by atoms with Gasteiger partial charge in [0.1, 0.15) is 0 Å². The van der Waals surface area contributed by atoms with Crippen LogP contribution in [-0.2, 0) is 12.8 Å². The highest BCUT2D eigenvalue weighted by Crippen LogP contribution is 2.45. The second-order valence-electron chi connectivity index (χ2n) is 19.7. The van der Waals surface area contributed by atoms with Gasteiger partial charge in [0.15, 0.2) is 0 Å². The number of hydrogen-bond donors (Lipinski definition) is 0. The molecule has 0 amide bonds. The molecule has 0 bridgehead atoms. The summed E-state index contributed by atoms with van der Waals surface area (Å²) < 4.78 is 0. The maximum atomic E-state index is 2.45. The first-order valence-corrected chi connectivity index (χ1v) is 25.6. The number of hydrogen-bond acceptors (Lipinski definition) is 0. The van der Waals surface area contributed by atoms with Crippen LogP contribution in [-0.4, -0.2) is 0 Å². The maximum absolute atomic E-state index is 2.45. The molecule has 0 spiro atoms. The Morgan fingerprint density at radius 3 is 1.04 bits per heavy atom. The third kappa shape index (κ3) is 7.21. The average Bonchev–Trinajstić information content (AvgIpc) is 3.47. The highest BCUT2D eigenvalue weighted by atomic mass is 14.3. The predicted octanol–water partition coefficient (Wildman–Crippen LogP) is 19.9. The highest BCUT2D eigenvalue weighted by molar-refractivity contribution is 6.25. The van der Waals surface area contributed by atoms with Crippen molar-refractivity contribution in [3.05, 3.63) is 265 Å². The van der Waals surface area contributed by atoms with Crippen LogP contribution in [0.5, 0.6) is 0 Å². The molecule has 0 saturated heterocycles. The van der Waals surface area contributed by atoms with E-state index in [1.807, 2.05) is 0 Å².